The molecule has 1 N–H and O–H groups in total. The Kier molecular flexibility index (Phi) is 4.64. The van der Waals surface area contributed by atoms with E-state index >= 15 is 0 Å². The molecule has 1 aromatic rings. The molecule has 0 spiro atoms. The Bertz CT molecular complexity index is 703. The molecule has 2 aliphatic rings. The van der Waals surface area contributed by atoms with E-state index in [1.807, 2.05) is 0 Å². The van der Waals surface area contributed by atoms with Crippen molar-refractivity contribution in [3.63, 3.8) is 0 Å². The zero-order valence-corrected chi connectivity index (χ0v) is 14.7. The Hall–Kier alpha value is -0.440. The predicted octanol–water partition coefficient (Wildman–Crippen LogP) is 1.61. The molecule has 1 aliphatic carbocycles. The van der Waals surface area contributed by atoms with E-state index in [2.05, 4.69) is 5.32 Å². The Labute approximate surface area is 136 Å². The maximum absolute atomic E-state index is 12.7. The first kappa shape index (κ1) is 16.4. The van der Waals surface area contributed by atoms with Crippen LogP contribution in [-0.4, -0.2) is 45.7 Å². The minimum Gasteiger partial charge on any atom is -0.309 e. The molecule has 0 unspecified atom stereocenters. The highest BCUT2D eigenvalue weighted by Crippen LogP contribution is 2.29. The molecule has 2 heterocycles. The van der Waals surface area contributed by atoms with Crippen LogP contribution in [0.4, 0.5) is 0 Å². The lowest BCUT2D eigenvalue weighted by Gasteiger charge is -2.28. The molecule has 22 heavy (non-hydrogen) atoms. The first-order valence-electron chi connectivity index (χ1n) is 7.62. The van der Waals surface area contributed by atoms with Crippen molar-refractivity contribution >= 4 is 31.0 Å². The fourth-order valence-corrected chi connectivity index (χ4v) is 9.32. The van der Waals surface area contributed by atoms with E-state index < -0.39 is 31.0 Å². The molecule has 8 heteroatoms. The molecular weight excluding hydrogens is 342 g/mol. The van der Waals surface area contributed by atoms with Gasteiger partial charge >= 0.3 is 0 Å². The summed E-state index contributed by atoms with van der Waals surface area (Å²) in [6, 6.07) is 3.00. The maximum atomic E-state index is 12.7. The van der Waals surface area contributed by atoms with Gasteiger partial charge in [-0.15, -0.1) is 11.3 Å². The van der Waals surface area contributed by atoms with Crippen molar-refractivity contribution in [3.05, 3.63) is 17.5 Å². The Morgan fingerprint density at radius 2 is 1.86 bits per heavy atom. The van der Waals surface area contributed by atoms with Gasteiger partial charge in [-0.2, -0.15) is 0 Å². The molecule has 1 aliphatic heterocycles. The van der Waals surface area contributed by atoms with Crippen molar-refractivity contribution in [1.29, 1.82) is 0 Å². The van der Waals surface area contributed by atoms with Gasteiger partial charge in [-0.05, 0) is 24.3 Å². The summed E-state index contributed by atoms with van der Waals surface area (Å²) in [4.78, 5) is 0. The van der Waals surface area contributed by atoms with E-state index in [1.54, 1.807) is 17.5 Å². The lowest BCUT2D eigenvalue weighted by atomic mass is 9.95. The fraction of sp³-hybridized carbons (Fsp3) is 0.714. The van der Waals surface area contributed by atoms with Crippen LogP contribution in [0.5, 0.6) is 0 Å². The summed E-state index contributed by atoms with van der Waals surface area (Å²) in [5.41, 5.74) is 0. The van der Waals surface area contributed by atoms with Gasteiger partial charge in [0.15, 0.2) is 19.7 Å². The summed E-state index contributed by atoms with van der Waals surface area (Å²) in [6.07, 6.45) is 5.46. The topological polar surface area (TPSA) is 80.3 Å². The van der Waals surface area contributed by atoms with Crippen molar-refractivity contribution in [2.45, 2.75) is 53.6 Å². The van der Waals surface area contributed by atoms with Crippen LogP contribution in [0, 0.1) is 0 Å². The molecule has 124 valence electrons. The number of nitrogens with one attached hydrogen (secondary N) is 1. The van der Waals surface area contributed by atoms with Gasteiger partial charge in [-0.25, -0.2) is 16.8 Å². The van der Waals surface area contributed by atoms with Crippen LogP contribution < -0.4 is 5.32 Å². The second-order valence-electron chi connectivity index (χ2n) is 6.20. The highest BCUT2D eigenvalue weighted by atomic mass is 32.2. The third kappa shape index (κ3) is 3.39. The maximum Gasteiger partial charge on any atom is 0.193 e. The van der Waals surface area contributed by atoms with Gasteiger partial charge in [0.2, 0.25) is 0 Å². The standard InChI is InChI=1S/C14H21NO4S3/c16-21(17)9-12(15-11-5-2-1-3-6-11)13(10-21)22(18,19)14-7-4-8-20-14/h4,7-8,11-13,15H,1-3,5-6,9-10H2/t12-,13-/m0/s1. The summed E-state index contributed by atoms with van der Waals surface area (Å²) >= 11 is 1.15. The Morgan fingerprint density at radius 1 is 1.14 bits per heavy atom. The molecule has 5 nitrogen and oxygen atoms in total. The number of hydrogen-bond donors (Lipinski definition) is 1. The summed E-state index contributed by atoms with van der Waals surface area (Å²) in [7, 11) is -6.90. The lowest BCUT2D eigenvalue weighted by molar-refractivity contribution is 0.345. The van der Waals surface area contributed by atoms with Crippen molar-refractivity contribution in [2.75, 3.05) is 11.5 Å². The molecule has 1 aromatic heterocycles. The van der Waals surface area contributed by atoms with Gasteiger partial charge < -0.3 is 5.32 Å². The van der Waals surface area contributed by atoms with E-state index in [4.69, 9.17) is 0 Å². The first-order valence-corrected chi connectivity index (χ1v) is 11.9. The largest absolute Gasteiger partial charge is 0.309 e. The first-order chi connectivity index (χ1) is 10.4. The van der Waals surface area contributed by atoms with E-state index in [-0.39, 0.29) is 21.8 Å². The summed E-state index contributed by atoms with van der Waals surface area (Å²) < 4.78 is 49.8. The van der Waals surface area contributed by atoms with Crippen LogP contribution in [0.1, 0.15) is 32.1 Å². The van der Waals surface area contributed by atoms with Gasteiger partial charge in [0.1, 0.15) is 4.21 Å². The molecular formula is C14H21NO4S3. The second-order valence-corrected chi connectivity index (χ2v) is 11.7. The molecule has 0 aromatic carbocycles. The summed E-state index contributed by atoms with van der Waals surface area (Å²) in [5, 5.41) is 4.18. The van der Waals surface area contributed by atoms with Crippen molar-refractivity contribution in [3.8, 4) is 0 Å². The third-order valence-corrected chi connectivity index (χ3v) is 10.1. The highest BCUT2D eigenvalue weighted by Gasteiger charge is 2.46. The molecule has 2 atom stereocenters. The summed E-state index contributed by atoms with van der Waals surface area (Å²) in [5.74, 6) is -0.337. The SMILES string of the molecule is O=S1(=O)C[C@H](NC2CCCCC2)[C@@H](S(=O)(=O)c2cccs2)C1. The quantitative estimate of drug-likeness (QED) is 0.879. The average molecular weight is 364 g/mol. The van der Waals surface area contributed by atoms with Crippen LogP contribution in [-0.2, 0) is 19.7 Å². The van der Waals surface area contributed by atoms with Gasteiger partial charge in [0.05, 0.1) is 16.8 Å². The lowest BCUT2D eigenvalue weighted by Crippen LogP contribution is -2.48. The third-order valence-electron chi connectivity index (χ3n) is 4.53. The number of rotatable bonds is 4. The number of sulfone groups is 2. The zero-order chi connectivity index (χ0) is 15.8. The number of hydrogen-bond acceptors (Lipinski definition) is 6. The monoisotopic (exact) mass is 363 g/mol. The van der Waals surface area contributed by atoms with E-state index in [9.17, 15) is 16.8 Å². The van der Waals surface area contributed by atoms with Gasteiger partial charge in [0.25, 0.3) is 0 Å². The molecule has 0 radical (unpaired) electrons. The second kappa shape index (κ2) is 6.22. The van der Waals surface area contributed by atoms with Crippen molar-refractivity contribution < 1.29 is 16.8 Å². The predicted molar refractivity (Wildman–Crippen MR) is 87.7 cm³/mol. The van der Waals surface area contributed by atoms with Gasteiger partial charge in [-0.1, -0.05) is 25.3 Å². The van der Waals surface area contributed by atoms with Crippen LogP contribution in [0.2, 0.25) is 0 Å². The van der Waals surface area contributed by atoms with E-state index in [0.717, 1.165) is 37.0 Å². The van der Waals surface area contributed by atoms with Crippen LogP contribution in [0.3, 0.4) is 0 Å². The number of thiophene rings is 1. The normalized spacial score (nSPS) is 29.6. The van der Waals surface area contributed by atoms with Crippen LogP contribution in [0.25, 0.3) is 0 Å². The van der Waals surface area contributed by atoms with Crippen molar-refractivity contribution in [2.24, 2.45) is 0 Å². The fourth-order valence-electron chi connectivity index (χ4n) is 3.42. The van der Waals surface area contributed by atoms with Crippen LogP contribution in [0.15, 0.2) is 21.7 Å². The van der Waals surface area contributed by atoms with Gasteiger partial charge in [0, 0.05) is 12.1 Å². The minimum atomic E-state index is -3.59. The van der Waals surface area contributed by atoms with E-state index in [1.165, 1.54) is 6.42 Å². The average Bonchev–Trinajstić information content (AvgIpc) is 3.08. The van der Waals surface area contributed by atoms with Crippen molar-refractivity contribution in [1.82, 2.24) is 5.32 Å². The summed E-state index contributed by atoms with van der Waals surface area (Å²) in [6.45, 7) is 0. The molecule has 1 saturated heterocycles. The Morgan fingerprint density at radius 3 is 2.50 bits per heavy atom. The Balaban J connectivity index is 1.84. The van der Waals surface area contributed by atoms with Gasteiger partial charge in [-0.3, -0.25) is 0 Å². The molecule has 3 rings (SSSR count). The molecule has 1 saturated carbocycles. The molecule has 0 amide bonds. The highest BCUT2D eigenvalue weighted by molar-refractivity contribution is 7.97. The smallest absolute Gasteiger partial charge is 0.193 e. The molecule has 2 fully saturated rings. The van der Waals surface area contributed by atoms with Crippen LogP contribution >= 0.6 is 11.3 Å². The molecule has 0 bridgehead atoms. The minimum absolute atomic E-state index is 0.0707. The zero-order valence-electron chi connectivity index (χ0n) is 12.3. The van der Waals surface area contributed by atoms with E-state index in [0.29, 0.717) is 0 Å².